The van der Waals surface area contributed by atoms with Crippen LogP contribution in [0.4, 0.5) is 0 Å². The maximum absolute atomic E-state index is 12.1. The summed E-state index contributed by atoms with van der Waals surface area (Å²) in [5.41, 5.74) is 3.37. The van der Waals surface area contributed by atoms with Crippen molar-refractivity contribution in [3.8, 4) is 22.6 Å². The first-order valence-corrected chi connectivity index (χ1v) is 9.66. The van der Waals surface area contributed by atoms with Gasteiger partial charge in [-0.05, 0) is 64.7 Å². The SMILES string of the molecule is Cc1ccc(OCCCC(=O)Oc2ccc(-c3ccccc3)cc2Br)cc1. The van der Waals surface area contributed by atoms with E-state index in [1.165, 1.54) is 5.56 Å². The molecule has 0 fully saturated rings. The van der Waals surface area contributed by atoms with Crippen LogP contribution < -0.4 is 9.47 Å². The van der Waals surface area contributed by atoms with Crippen LogP contribution >= 0.6 is 15.9 Å². The van der Waals surface area contributed by atoms with Crippen LogP contribution in [0.2, 0.25) is 0 Å². The van der Waals surface area contributed by atoms with E-state index in [0.717, 1.165) is 21.3 Å². The van der Waals surface area contributed by atoms with E-state index in [2.05, 4.69) is 15.9 Å². The van der Waals surface area contributed by atoms with Gasteiger partial charge in [0, 0.05) is 6.42 Å². The van der Waals surface area contributed by atoms with E-state index in [-0.39, 0.29) is 5.97 Å². The average Bonchev–Trinajstić information content (AvgIpc) is 2.69. The Morgan fingerprint density at radius 1 is 0.926 bits per heavy atom. The highest BCUT2D eigenvalue weighted by atomic mass is 79.9. The highest BCUT2D eigenvalue weighted by Gasteiger charge is 2.09. The van der Waals surface area contributed by atoms with E-state index < -0.39 is 0 Å². The molecule has 3 aromatic carbocycles. The summed E-state index contributed by atoms with van der Waals surface area (Å²) in [6.07, 6.45) is 0.908. The van der Waals surface area contributed by atoms with Crippen molar-refractivity contribution in [1.82, 2.24) is 0 Å². The number of ether oxygens (including phenoxy) is 2. The van der Waals surface area contributed by atoms with E-state index in [9.17, 15) is 4.79 Å². The summed E-state index contributed by atoms with van der Waals surface area (Å²) in [5, 5.41) is 0. The third-order valence-corrected chi connectivity index (χ3v) is 4.70. The molecule has 27 heavy (non-hydrogen) atoms. The maximum Gasteiger partial charge on any atom is 0.311 e. The molecule has 0 aliphatic carbocycles. The van der Waals surface area contributed by atoms with Gasteiger partial charge in [0.2, 0.25) is 0 Å². The van der Waals surface area contributed by atoms with Crippen LogP contribution in [0, 0.1) is 6.92 Å². The highest BCUT2D eigenvalue weighted by Crippen LogP contribution is 2.31. The molecule has 3 nitrogen and oxygen atoms in total. The van der Waals surface area contributed by atoms with Gasteiger partial charge in [-0.3, -0.25) is 4.79 Å². The molecule has 0 radical (unpaired) electrons. The van der Waals surface area contributed by atoms with Crippen LogP contribution in [0.25, 0.3) is 11.1 Å². The molecule has 3 rings (SSSR count). The third kappa shape index (κ3) is 5.69. The minimum absolute atomic E-state index is 0.268. The van der Waals surface area contributed by atoms with E-state index >= 15 is 0 Å². The maximum atomic E-state index is 12.1. The van der Waals surface area contributed by atoms with Gasteiger partial charge in [-0.1, -0.05) is 54.1 Å². The van der Waals surface area contributed by atoms with Crippen molar-refractivity contribution in [2.24, 2.45) is 0 Å². The summed E-state index contributed by atoms with van der Waals surface area (Å²) in [6, 6.07) is 23.6. The Bertz CT molecular complexity index is 889. The minimum Gasteiger partial charge on any atom is -0.494 e. The van der Waals surface area contributed by atoms with Crippen molar-refractivity contribution < 1.29 is 14.3 Å². The number of hydrogen-bond donors (Lipinski definition) is 0. The monoisotopic (exact) mass is 424 g/mol. The molecule has 0 N–H and O–H groups in total. The Morgan fingerprint density at radius 3 is 2.37 bits per heavy atom. The zero-order valence-electron chi connectivity index (χ0n) is 15.2. The number of esters is 1. The molecule has 0 bridgehead atoms. The van der Waals surface area contributed by atoms with E-state index in [0.29, 0.717) is 25.2 Å². The van der Waals surface area contributed by atoms with Gasteiger partial charge >= 0.3 is 5.97 Å². The van der Waals surface area contributed by atoms with Crippen molar-refractivity contribution in [3.05, 3.63) is 82.8 Å². The van der Waals surface area contributed by atoms with Crippen molar-refractivity contribution in [2.75, 3.05) is 6.61 Å². The van der Waals surface area contributed by atoms with Gasteiger partial charge in [-0.2, -0.15) is 0 Å². The molecule has 0 amide bonds. The van der Waals surface area contributed by atoms with Crippen LogP contribution in [0.3, 0.4) is 0 Å². The average molecular weight is 425 g/mol. The van der Waals surface area contributed by atoms with E-state index in [4.69, 9.17) is 9.47 Å². The summed E-state index contributed by atoms with van der Waals surface area (Å²) in [4.78, 5) is 12.1. The van der Waals surface area contributed by atoms with Crippen LogP contribution in [0.15, 0.2) is 77.3 Å². The van der Waals surface area contributed by atoms with Crippen molar-refractivity contribution in [2.45, 2.75) is 19.8 Å². The first kappa shape index (κ1) is 19.2. The van der Waals surface area contributed by atoms with Gasteiger partial charge in [0.15, 0.2) is 0 Å². The van der Waals surface area contributed by atoms with E-state index in [1.54, 1.807) is 0 Å². The van der Waals surface area contributed by atoms with Gasteiger partial charge in [0.05, 0.1) is 11.1 Å². The van der Waals surface area contributed by atoms with Gasteiger partial charge in [0.25, 0.3) is 0 Å². The summed E-state index contributed by atoms with van der Waals surface area (Å²) >= 11 is 3.49. The fourth-order valence-corrected chi connectivity index (χ4v) is 3.07. The fourth-order valence-electron chi connectivity index (χ4n) is 2.61. The lowest BCUT2D eigenvalue weighted by molar-refractivity contribution is -0.134. The molecule has 138 valence electrons. The van der Waals surface area contributed by atoms with Crippen molar-refractivity contribution in [3.63, 3.8) is 0 Å². The molecule has 3 aromatic rings. The molecule has 0 aliphatic heterocycles. The molecule has 0 unspecified atom stereocenters. The number of carbonyl (C=O) groups is 1. The molecule has 0 heterocycles. The quantitative estimate of drug-likeness (QED) is 0.257. The van der Waals surface area contributed by atoms with Gasteiger partial charge in [0.1, 0.15) is 11.5 Å². The molecule has 0 spiro atoms. The largest absolute Gasteiger partial charge is 0.494 e. The smallest absolute Gasteiger partial charge is 0.311 e. The summed E-state index contributed by atoms with van der Waals surface area (Å²) in [7, 11) is 0. The molecule has 0 saturated heterocycles. The molecule has 4 heteroatoms. The lowest BCUT2D eigenvalue weighted by Gasteiger charge is -2.09. The summed E-state index contributed by atoms with van der Waals surface area (Å²) in [6.45, 7) is 2.51. The predicted molar refractivity (Wildman–Crippen MR) is 111 cm³/mol. The third-order valence-electron chi connectivity index (χ3n) is 4.08. The first-order valence-electron chi connectivity index (χ1n) is 8.87. The Balaban J connectivity index is 1.48. The molecule has 0 saturated carbocycles. The standard InChI is InChI=1S/C23H21BrO3/c1-17-9-12-20(13-10-17)26-15-5-8-23(25)27-22-14-11-19(16-21(22)24)18-6-3-2-4-7-18/h2-4,6-7,9-14,16H,5,8,15H2,1H3. The minimum atomic E-state index is -0.268. The number of carbonyl (C=O) groups excluding carboxylic acids is 1. The molecule has 0 aliphatic rings. The van der Waals surface area contributed by atoms with Crippen molar-refractivity contribution in [1.29, 1.82) is 0 Å². The van der Waals surface area contributed by atoms with Crippen molar-refractivity contribution >= 4 is 21.9 Å². The normalized spacial score (nSPS) is 10.4. The zero-order chi connectivity index (χ0) is 19.1. The summed E-state index contributed by atoms with van der Waals surface area (Å²) in [5.74, 6) is 1.07. The van der Waals surface area contributed by atoms with E-state index in [1.807, 2.05) is 79.7 Å². The fraction of sp³-hybridized carbons (Fsp3) is 0.174. The number of rotatable bonds is 7. The van der Waals surface area contributed by atoms with Crippen LogP contribution in [0.5, 0.6) is 11.5 Å². The number of benzene rings is 3. The second-order valence-electron chi connectivity index (χ2n) is 6.25. The molecular weight excluding hydrogens is 404 g/mol. The second-order valence-corrected chi connectivity index (χ2v) is 7.10. The highest BCUT2D eigenvalue weighted by molar-refractivity contribution is 9.10. The van der Waals surface area contributed by atoms with Crippen LogP contribution in [-0.2, 0) is 4.79 Å². The van der Waals surface area contributed by atoms with Crippen LogP contribution in [0.1, 0.15) is 18.4 Å². The van der Waals surface area contributed by atoms with Gasteiger partial charge < -0.3 is 9.47 Å². The Morgan fingerprint density at radius 2 is 1.67 bits per heavy atom. The topological polar surface area (TPSA) is 35.5 Å². The Labute approximate surface area is 168 Å². The Kier molecular flexibility index (Phi) is 6.66. The second kappa shape index (κ2) is 9.38. The lowest BCUT2D eigenvalue weighted by atomic mass is 10.1. The number of halogens is 1. The number of aryl methyl sites for hydroxylation is 1. The zero-order valence-corrected chi connectivity index (χ0v) is 16.7. The first-order chi connectivity index (χ1) is 13.1. The molecule has 0 atom stereocenters. The van der Waals surface area contributed by atoms with Gasteiger partial charge in [-0.25, -0.2) is 0 Å². The summed E-state index contributed by atoms with van der Waals surface area (Å²) < 4.78 is 11.9. The number of hydrogen-bond acceptors (Lipinski definition) is 3. The molecular formula is C23H21BrO3. The Hall–Kier alpha value is -2.59. The van der Waals surface area contributed by atoms with Gasteiger partial charge in [-0.15, -0.1) is 0 Å². The lowest BCUT2D eigenvalue weighted by Crippen LogP contribution is -2.10. The predicted octanol–water partition coefficient (Wildman–Crippen LogP) is 6.19. The molecule has 0 aromatic heterocycles. The van der Waals surface area contributed by atoms with Crippen LogP contribution in [-0.4, -0.2) is 12.6 Å².